The van der Waals surface area contributed by atoms with Crippen molar-refractivity contribution in [3.63, 3.8) is 0 Å². The van der Waals surface area contributed by atoms with Gasteiger partial charge in [0.05, 0.1) is 0 Å². The minimum atomic E-state index is 0. The first-order valence-electron chi connectivity index (χ1n) is 3.78. The van der Waals surface area contributed by atoms with Crippen molar-refractivity contribution >= 4 is 9.52 Å². The Kier molecular flexibility index (Phi) is 20.7. The van der Waals surface area contributed by atoms with Crippen LogP contribution in [0.2, 0.25) is 13.1 Å². The van der Waals surface area contributed by atoms with E-state index in [1.165, 1.54) is 5.57 Å². The zero-order valence-electron chi connectivity index (χ0n) is 8.36. The van der Waals surface area contributed by atoms with Gasteiger partial charge in [-0.3, -0.25) is 6.58 Å². The Morgan fingerprint density at radius 3 is 1.45 bits per heavy atom. The van der Waals surface area contributed by atoms with Gasteiger partial charge in [-0.1, -0.05) is 33.9 Å². The normalized spacial score (nSPS) is 6.64. The molecule has 0 N–H and O–H groups in total. The van der Waals surface area contributed by atoms with Crippen molar-refractivity contribution in [2.45, 2.75) is 33.9 Å². The van der Waals surface area contributed by atoms with E-state index in [1.807, 2.05) is 26.8 Å². The number of hydrogen-bond acceptors (Lipinski definition) is 0. The second-order valence-electron chi connectivity index (χ2n) is 2.67. The third kappa shape index (κ3) is 37.9. The van der Waals surface area contributed by atoms with Crippen molar-refractivity contribution in [1.29, 1.82) is 0 Å². The van der Waals surface area contributed by atoms with Gasteiger partial charge in [0.1, 0.15) is 0 Å². The Bertz CT molecular complexity index is 113. The molecule has 0 aliphatic rings. The van der Waals surface area contributed by atoms with Crippen LogP contribution in [0.4, 0.5) is 0 Å². The maximum Gasteiger partial charge on any atom is 0.0135 e. The predicted molar refractivity (Wildman–Crippen MR) is 53.2 cm³/mol. The second kappa shape index (κ2) is 13.0. The molecule has 0 spiro atoms. The number of rotatable bonds is 1. The molecular weight excluding hydrogens is 184 g/mol. The summed E-state index contributed by atoms with van der Waals surface area (Å²) < 4.78 is 0. The maximum absolute atomic E-state index is 5.33. The summed E-state index contributed by atoms with van der Waals surface area (Å²) >= 11 is 0. The fourth-order valence-electron chi connectivity index (χ4n) is 0.455. The van der Waals surface area contributed by atoms with Crippen LogP contribution in [-0.2, 0) is 21.7 Å². The molecule has 0 aliphatic carbocycles. The van der Waals surface area contributed by atoms with E-state index in [-0.39, 0.29) is 21.7 Å². The van der Waals surface area contributed by atoms with Gasteiger partial charge in [0.2, 0.25) is 0 Å². The fraction of sp³-hybridized carbons (Fsp3) is 0.556. The van der Waals surface area contributed by atoms with Gasteiger partial charge in [-0.25, -0.2) is 11.6 Å². The molecule has 0 bridgehead atoms. The summed E-state index contributed by atoms with van der Waals surface area (Å²) in [5.41, 5.74) is 2.13. The van der Waals surface area contributed by atoms with E-state index < -0.39 is 0 Å². The van der Waals surface area contributed by atoms with Crippen LogP contribution < -0.4 is 0 Å². The molecule has 0 radical (unpaired) electrons. The molecule has 0 aromatic carbocycles. The van der Waals surface area contributed by atoms with E-state index in [0.29, 0.717) is 9.52 Å². The molecule has 0 aliphatic heterocycles. The Morgan fingerprint density at radius 2 is 1.45 bits per heavy atom. The van der Waals surface area contributed by atoms with Gasteiger partial charge in [-0.05, 0) is 0 Å². The van der Waals surface area contributed by atoms with Crippen molar-refractivity contribution < 1.29 is 21.7 Å². The van der Waals surface area contributed by atoms with Gasteiger partial charge in [-0.15, -0.1) is 0 Å². The molecule has 0 atom stereocenters. The summed E-state index contributed by atoms with van der Waals surface area (Å²) in [6.45, 7) is 15.8. The van der Waals surface area contributed by atoms with Crippen molar-refractivity contribution in [3.05, 3.63) is 23.8 Å². The minimum Gasteiger partial charge on any atom is -0.290 e. The standard InChI is InChI=1S/C7H11.C2H8Si.Ti/c1-6(2)5-7(3)4;1-3-2;/h1,5H,2-4H3;3H2,1-2H3;/q-1;;. The second-order valence-corrected chi connectivity index (χ2v) is 4.09. The van der Waals surface area contributed by atoms with Crippen molar-refractivity contribution in [2.75, 3.05) is 0 Å². The van der Waals surface area contributed by atoms with Crippen LogP contribution in [0.25, 0.3) is 0 Å². The Morgan fingerprint density at radius 1 is 1.18 bits per heavy atom. The molecule has 0 nitrogen and oxygen atoms in total. The van der Waals surface area contributed by atoms with E-state index in [4.69, 9.17) is 6.58 Å². The average molecular weight is 203 g/mol. The molecule has 0 fully saturated rings. The van der Waals surface area contributed by atoms with E-state index in [0.717, 1.165) is 5.57 Å². The maximum atomic E-state index is 5.33. The predicted octanol–water partition coefficient (Wildman–Crippen LogP) is 2.58. The van der Waals surface area contributed by atoms with Gasteiger partial charge in [0.25, 0.3) is 0 Å². The van der Waals surface area contributed by atoms with Crippen molar-refractivity contribution in [2.24, 2.45) is 0 Å². The molecule has 0 aromatic rings. The number of hydrogen-bond donors (Lipinski definition) is 0. The first-order valence-corrected chi connectivity index (χ1v) is 6.61. The van der Waals surface area contributed by atoms with E-state index in [9.17, 15) is 0 Å². The van der Waals surface area contributed by atoms with Crippen LogP contribution in [0.1, 0.15) is 20.8 Å². The van der Waals surface area contributed by atoms with Crippen molar-refractivity contribution in [3.8, 4) is 0 Å². The Labute approximate surface area is 88.9 Å². The molecule has 11 heavy (non-hydrogen) atoms. The number of allylic oxidation sites excluding steroid dienone is 3. The van der Waals surface area contributed by atoms with Gasteiger partial charge in [0.15, 0.2) is 0 Å². The van der Waals surface area contributed by atoms with Gasteiger partial charge in [-0.2, -0.15) is 5.57 Å². The van der Waals surface area contributed by atoms with Crippen LogP contribution in [0.5, 0.6) is 0 Å². The fourth-order valence-corrected chi connectivity index (χ4v) is 0.455. The van der Waals surface area contributed by atoms with Gasteiger partial charge >= 0.3 is 0 Å². The first kappa shape index (κ1) is 17.5. The molecule has 0 aromatic heterocycles. The summed E-state index contributed by atoms with van der Waals surface area (Å²) in [7, 11) is 0.417. The Balaban J connectivity index is -0.000000140. The van der Waals surface area contributed by atoms with Crippen LogP contribution in [0, 0.1) is 6.58 Å². The molecule has 0 rings (SSSR count). The molecule has 0 unspecified atom stereocenters. The topological polar surface area (TPSA) is 0 Å². The molecule has 0 saturated carbocycles. The summed E-state index contributed by atoms with van der Waals surface area (Å²) in [5.74, 6) is 0. The minimum absolute atomic E-state index is 0. The zero-order valence-corrected chi connectivity index (χ0v) is 11.3. The van der Waals surface area contributed by atoms with Crippen molar-refractivity contribution in [1.82, 2.24) is 0 Å². The quantitative estimate of drug-likeness (QED) is 0.349. The third-order valence-electron chi connectivity index (χ3n) is 0.516. The van der Waals surface area contributed by atoms with Gasteiger partial charge in [0, 0.05) is 31.2 Å². The molecule has 64 valence electrons. The van der Waals surface area contributed by atoms with Gasteiger partial charge < -0.3 is 0 Å². The van der Waals surface area contributed by atoms with Crippen LogP contribution in [0.3, 0.4) is 0 Å². The third-order valence-corrected chi connectivity index (χ3v) is 0.516. The molecule has 0 heterocycles. The summed E-state index contributed by atoms with van der Waals surface area (Å²) in [6.07, 6.45) is 1.94. The first-order chi connectivity index (χ1) is 4.54. The molecule has 0 saturated heterocycles. The Hall–Kier alpha value is 0.411. The molecule has 2 heteroatoms. The SMILES string of the molecule is C[SiH2]C.[CH-]=C(C)C=C(C)C.[Ti]. The summed E-state index contributed by atoms with van der Waals surface area (Å²) in [5, 5.41) is 0. The summed E-state index contributed by atoms with van der Waals surface area (Å²) in [6, 6.07) is 0. The van der Waals surface area contributed by atoms with Crippen LogP contribution >= 0.6 is 0 Å². The van der Waals surface area contributed by atoms with Crippen LogP contribution in [-0.4, -0.2) is 9.52 Å². The largest absolute Gasteiger partial charge is 0.290 e. The molecule has 0 amide bonds. The summed E-state index contributed by atoms with van der Waals surface area (Å²) in [4.78, 5) is 0. The van der Waals surface area contributed by atoms with E-state index in [2.05, 4.69) is 13.1 Å². The van der Waals surface area contributed by atoms with E-state index >= 15 is 0 Å². The smallest absolute Gasteiger partial charge is 0.0135 e. The van der Waals surface area contributed by atoms with E-state index in [1.54, 1.807) is 0 Å². The molecular formula is C9H19SiTi-. The monoisotopic (exact) mass is 203 g/mol. The van der Waals surface area contributed by atoms with Crippen LogP contribution in [0.15, 0.2) is 17.2 Å². The average Bonchev–Trinajstić information content (AvgIpc) is 1.62. The zero-order chi connectivity index (χ0) is 8.57.